The van der Waals surface area contributed by atoms with E-state index in [1.54, 1.807) is 0 Å². The minimum atomic E-state index is 0. The average Bonchev–Trinajstić information content (AvgIpc) is 2.85. The topological polar surface area (TPSA) is 32.3 Å². The molecule has 1 aliphatic heterocycles. The van der Waals surface area contributed by atoms with Gasteiger partial charge in [0.15, 0.2) is 0 Å². The predicted octanol–water partition coefficient (Wildman–Crippen LogP) is 1.91. The maximum atomic E-state index is 12.6. The van der Waals surface area contributed by atoms with E-state index >= 15 is 0 Å². The van der Waals surface area contributed by atoms with E-state index < -0.39 is 0 Å². The fourth-order valence-corrected chi connectivity index (χ4v) is 5.25. The van der Waals surface area contributed by atoms with Gasteiger partial charge in [0.25, 0.3) is 0 Å². The van der Waals surface area contributed by atoms with Gasteiger partial charge < -0.3 is 10.2 Å². The third kappa shape index (κ3) is 2.01. The fraction of sp³-hybridized carbons (Fsp3) is 0.933. The van der Waals surface area contributed by atoms with Crippen molar-refractivity contribution in [2.75, 3.05) is 20.1 Å². The number of hydrogen-bond donors (Lipinski definition) is 1. The summed E-state index contributed by atoms with van der Waals surface area (Å²) < 4.78 is 0. The third-order valence-corrected chi connectivity index (χ3v) is 6.24. The molecule has 19 heavy (non-hydrogen) atoms. The number of halogens is 1. The van der Waals surface area contributed by atoms with Crippen molar-refractivity contribution in [2.24, 2.45) is 29.6 Å². The SMILES string of the molecule is CNC1CCN(C(=O)C2C3C4CCC(C4)C23)CC1.Cl. The zero-order valence-corrected chi connectivity index (χ0v) is 12.5. The molecule has 0 spiro atoms. The molecule has 1 saturated heterocycles. The average molecular weight is 285 g/mol. The number of nitrogens with one attached hydrogen (secondary N) is 1. The Hall–Kier alpha value is -0.280. The van der Waals surface area contributed by atoms with Crippen molar-refractivity contribution in [1.29, 1.82) is 0 Å². The van der Waals surface area contributed by atoms with Crippen LogP contribution in [0.4, 0.5) is 0 Å². The lowest BCUT2D eigenvalue weighted by Gasteiger charge is -2.32. The maximum absolute atomic E-state index is 12.6. The summed E-state index contributed by atoms with van der Waals surface area (Å²) in [6.07, 6.45) is 6.55. The van der Waals surface area contributed by atoms with Gasteiger partial charge in [-0.25, -0.2) is 0 Å². The van der Waals surface area contributed by atoms with E-state index in [9.17, 15) is 4.79 Å². The molecule has 1 amide bonds. The van der Waals surface area contributed by atoms with Gasteiger partial charge >= 0.3 is 0 Å². The Labute approximate surface area is 121 Å². The Morgan fingerprint density at radius 1 is 1.05 bits per heavy atom. The predicted molar refractivity (Wildman–Crippen MR) is 77.2 cm³/mol. The van der Waals surface area contributed by atoms with E-state index in [2.05, 4.69) is 10.2 Å². The van der Waals surface area contributed by atoms with Gasteiger partial charge in [0.1, 0.15) is 0 Å². The molecule has 0 aromatic rings. The molecule has 0 radical (unpaired) electrons. The smallest absolute Gasteiger partial charge is 0.226 e. The highest BCUT2D eigenvalue weighted by Gasteiger charge is 2.67. The van der Waals surface area contributed by atoms with Crippen molar-refractivity contribution in [2.45, 2.75) is 38.1 Å². The summed E-state index contributed by atoms with van der Waals surface area (Å²) in [5.41, 5.74) is 0. The molecule has 4 fully saturated rings. The van der Waals surface area contributed by atoms with Crippen LogP contribution in [0.1, 0.15) is 32.1 Å². The molecule has 108 valence electrons. The number of piperidine rings is 1. The van der Waals surface area contributed by atoms with Crippen LogP contribution in [0.2, 0.25) is 0 Å². The molecule has 1 N–H and O–H groups in total. The Balaban J connectivity index is 0.00000110. The Kier molecular flexibility index (Phi) is 3.55. The molecule has 0 aromatic carbocycles. The van der Waals surface area contributed by atoms with Crippen LogP contribution in [0.5, 0.6) is 0 Å². The monoisotopic (exact) mass is 284 g/mol. The van der Waals surface area contributed by atoms with Gasteiger partial charge in [-0.05, 0) is 62.8 Å². The second-order valence-corrected chi connectivity index (χ2v) is 6.90. The van der Waals surface area contributed by atoms with Crippen LogP contribution in [0.25, 0.3) is 0 Å². The third-order valence-electron chi connectivity index (χ3n) is 6.24. The lowest BCUT2D eigenvalue weighted by molar-refractivity contribution is -0.134. The van der Waals surface area contributed by atoms with Crippen molar-refractivity contribution < 1.29 is 4.79 Å². The molecule has 3 saturated carbocycles. The van der Waals surface area contributed by atoms with E-state index in [0.717, 1.165) is 49.6 Å². The first-order chi connectivity index (χ1) is 8.79. The molecule has 4 rings (SSSR count). The lowest BCUT2D eigenvalue weighted by atomic mass is 10.00. The van der Waals surface area contributed by atoms with E-state index in [4.69, 9.17) is 0 Å². The van der Waals surface area contributed by atoms with E-state index in [0.29, 0.717) is 17.9 Å². The molecule has 2 bridgehead atoms. The molecule has 4 unspecified atom stereocenters. The number of carbonyl (C=O) groups is 1. The quantitative estimate of drug-likeness (QED) is 0.840. The fourth-order valence-electron chi connectivity index (χ4n) is 5.25. The summed E-state index contributed by atoms with van der Waals surface area (Å²) in [6.45, 7) is 1.96. The van der Waals surface area contributed by atoms with Gasteiger partial charge in [0.05, 0.1) is 0 Å². The number of hydrogen-bond acceptors (Lipinski definition) is 2. The molecular formula is C15H25ClN2O. The minimum Gasteiger partial charge on any atom is -0.342 e. The largest absolute Gasteiger partial charge is 0.342 e. The Morgan fingerprint density at radius 3 is 2.16 bits per heavy atom. The summed E-state index contributed by atoms with van der Waals surface area (Å²) >= 11 is 0. The lowest BCUT2D eigenvalue weighted by Crippen LogP contribution is -2.45. The molecule has 3 aliphatic carbocycles. The van der Waals surface area contributed by atoms with Crippen LogP contribution in [-0.2, 0) is 4.79 Å². The summed E-state index contributed by atoms with van der Waals surface area (Å²) in [5.74, 6) is 4.41. The van der Waals surface area contributed by atoms with E-state index in [1.807, 2.05) is 7.05 Å². The van der Waals surface area contributed by atoms with Crippen LogP contribution in [0.3, 0.4) is 0 Å². The number of nitrogens with zero attached hydrogens (tertiary/aromatic N) is 1. The standard InChI is InChI=1S/C15H24N2O.ClH/c1-16-11-4-6-17(7-5-11)15(18)14-12-9-2-3-10(8-9)13(12)14;/h9-14,16H,2-8H2,1H3;1H. The summed E-state index contributed by atoms with van der Waals surface area (Å²) in [5, 5.41) is 3.33. The highest BCUT2D eigenvalue weighted by molar-refractivity contribution is 5.85. The number of likely N-dealkylation sites (tertiary alicyclic amines) is 1. The zero-order valence-electron chi connectivity index (χ0n) is 11.7. The summed E-state index contributed by atoms with van der Waals surface area (Å²) in [4.78, 5) is 14.8. The van der Waals surface area contributed by atoms with Gasteiger partial charge in [0.2, 0.25) is 5.91 Å². The first-order valence-corrected chi connectivity index (χ1v) is 7.75. The first kappa shape index (κ1) is 13.7. The summed E-state index contributed by atoms with van der Waals surface area (Å²) in [6, 6.07) is 0.629. The van der Waals surface area contributed by atoms with Crippen LogP contribution in [0, 0.1) is 29.6 Å². The highest BCUT2D eigenvalue weighted by atomic mass is 35.5. The molecule has 4 atom stereocenters. The van der Waals surface area contributed by atoms with Gasteiger partial charge in [-0.3, -0.25) is 4.79 Å². The molecular weight excluding hydrogens is 260 g/mol. The zero-order chi connectivity index (χ0) is 12.3. The minimum absolute atomic E-state index is 0. The van der Waals surface area contributed by atoms with Gasteiger partial charge in [0, 0.05) is 25.0 Å². The van der Waals surface area contributed by atoms with Gasteiger partial charge in [-0.2, -0.15) is 0 Å². The molecule has 1 heterocycles. The second-order valence-electron chi connectivity index (χ2n) is 6.90. The normalized spacial score (nSPS) is 43.8. The van der Waals surface area contributed by atoms with Crippen LogP contribution in [-0.4, -0.2) is 37.0 Å². The van der Waals surface area contributed by atoms with Crippen molar-refractivity contribution in [3.8, 4) is 0 Å². The van der Waals surface area contributed by atoms with Crippen LogP contribution >= 0.6 is 12.4 Å². The van der Waals surface area contributed by atoms with E-state index in [-0.39, 0.29) is 12.4 Å². The Morgan fingerprint density at radius 2 is 1.63 bits per heavy atom. The van der Waals surface area contributed by atoms with Crippen molar-refractivity contribution >= 4 is 18.3 Å². The molecule has 0 aromatic heterocycles. The number of carbonyl (C=O) groups excluding carboxylic acids is 1. The van der Waals surface area contributed by atoms with E-state index in [1.165, 1.54) is 19.3 Å². The van der Waals surface area contributed by atoms with Crippen LogP contribution in [0.15, 0.2) is 0 Å². The maximum Gasteiger partial charge on any atom is 0.226 e. The Bertz CT molecular complexity index is 351. The van der Waals surface area contributed by atoms with Gasteiger partial charge in [-0.1, -0.05) is 0 Å². The van der Waals surface area contributed by atoms with Gasteiger partial charge in [-0.15, -0.1) is 12.4 Å². The molecule has 3 nitrogen and oxygen atoms in total. The van der Waals surface area contributed by atoms with Crippen molar-refractivity contribution in [3.63, 3.8) is 0 Å². The van der Waals surface area contributed by atoms with Crippen LogP contribution < -0.4 is 5.32 Å². The second kappa shape index (κ2) is 4.92. The summed E-state index contributed by atoms with van der Waals surface area (Å²) in [7, 11) is 2.03. The molecule has 4 aliphatic rings. The van der Waals surface area contributed by atoms with Crippen molar-refractivity contribution in [3.05, 3.63) is 0 Å². The van der Waals surface area contributed by atoms with Crippen molar-refractivity contribution in [1.82, 2.24) is 10.2 Å². The molecule has 4 heteroatoms. The number of rotatable bonds is 2. The number of fused-ring (bicyclic) bond motifs is 5. The number of amides is 1. The highest BCUT2D eigenvalue weighted by Crippen LogP contribution is 2.69. The first-order valence-electron chi connectivity index (χ1n) is 7.75.